The number of ether oxygens (including phenoxy) is 1. The average Bonchev–Trinajstić information content (AvgIpc) is 2.95. The molecule has 0 saturated carbocycles. The Kier molecular flexibility index (Phi) is 8.29. The van der Waals surface area contributed by atoms with Crippen LogP contribution < -0.4 is 5.43 Å². The molecule has 0 aliphatic carbocycles. The van der Waals surface area contributed by atoms with Crippen LogP contribution in [0.5, 0.6) is 0 Å². The smallest absolute Gasteiger partial charge is 0.279 e. The second-order valence-corrected chi connectivity index (χ2v) is 10.9. The van der Waals surface area contributed by atoms with Crippen LogP contribution in [-0.4, -0.2) is 62.3 Å². The molecule has 10 heteroatoms. The number of aromatic nitrogens is 2. The fourth-order valence-electron chi connectivity index (χ4n) is 4.36. The summed E-state index contributed by atoms with van der Waals surface area (Å²) >= 11 is 6.03. The second kappa shape index (κ2) is 12.0. The summed E-state index contributed by atoms with van der Waals surface area (Å²) < 4.78 is 18.6. The Balaban J connectivity index is 1.45. The van der Waals surface area contributed by atoms with Gasteiger partial charge in [0.15, 0.2) is 5.69 Å². The van der Waals surface area contributed by atoms with Gasteiger partial charge in [0.25, 0.3) is 5.91 Å². The molecule has 0 radical (unpaired) electrons. The van der Waals surface area contributed by atoms with E-state index in [2.05, 4.69) is 15.1 Å². The molecule has 1 atom stereocenters. The van der Waals surface area contributed by atoms with Crippen molar-refractivity contribution >= 4 is 39.2 Å². The van der Waals surface area contributed by atoms with E-state index in [1.54, 1.807) is 48.5 Å². The van der Waals surface area contributed by atoms with Crippen LogP contribution in [0, 0.1) is 0 Å². The summed E-state index contributed by atoms with van der Waals surface area (Å²) in [6, 6.07) is 21.5. The van der Waals surface area contributed by atoms with Gasteiger partial charge in [-0.2, -0.15) is 5.10 Å². The molecule has 1 N–H and O–H groups in total. The maximum absolute atomic E-state index is 13.7. The third-order valence-electron chi connectivity index (χ3n) is 6.40. The summed E-state index contributed by atoms with van der Waals surface area (Å²) in [5.41, 5.74) is 1.61. The molecule has 4 aromatic rings. The maximum atomic E-state index is 13.7. The Bertz CT molecular complexity index is 1510. The van der Waals surface area contributed by atoms with Crippen LogP contribution in [-0.2, 0) is 28.6 Å². The zero-order chi connectivity index (χ0) is 26.5. The first-order valence-corrected chi connectivity index (χ1v) is 14.0. The molecule has 1 aliphatic heterocycles. The number of H-pyrrole nitrogens is 1. The number of carbonyl (C=O) groups is 1. The van der Waals surface area contributed by atoms with Crippen molar-refractivity contribution in [3.63, 3.8) is 0 Å². The zero-order valence-electron chi connectivity index (χ0n) is 20.6. The molecule has 1 saturated heterocycles. The summed E-state index contributed by atoms with van der Waals surface area (Å²) in [4.78, 5) is 31.5. The maximum Gasteiger partial charge on any atom is 0.279 e. The van der Waals surface area contributed by atoms with E-state index >= 15 is 0 Å². The molecule has 0 spiro atoms. The van der Waals surface area contributed by atoms with Crippen molar-refractivity contribution < 1.29 is 13.7 Å². The van der Waals surface area contributed by atoms with Crippen molar-refractivity contribution in [2.45, 2.75) is 18.0 Å². The van der Waals surface area contributed by atoms with Crippen LogP contribution in [0.4, 0.5) is 0 Å². The zero-order valence-corrected chi connectivity index (χ0v) is 22.2. The minimum Gasteiger partial charge on any atom is -0.379 e. The first-order chi connectivity index (χ1) is 18.5. The van der Waals surface area contributed by atoms with Crippen LogP contribution in [0.15, 0.2) is 82.5 Å². The minimum absolute atomic E-state index is 0.0955. The highest BCUT2D eigenvalue weighted by Crippen LogP contribution is 2.17. The van der Waals surface area contributed by atoms with Gasteiger partial charge in [-0.15, -0.1) is 0 Å². The third kappa shape index (κ3) is 6.19. The summed E-state index contributed by atoms with van der Waals surface area (Å²) in [7, 11) is -1.50. The van der Waals surface area contributed by atoms with E-state index in [0.717, 1.165) is 24.2 Å². The van der Waals surface area contributed by atoms with Crippen molar-refractivity contribution in [3.05, 3.63) is 105 Å². The minimum atomic E-state index is -1.50. The molecule has 5 rings (SSSR count). The fraction of sp³-hybridized carbons (Fsp3) is 0.250. The highest BCUT2D eigenvalue weighted by Gasteiger charge is 2.24. The van der Waals surface area contributed by atoms with Gasteiger partial charge in [-0.05, 0) is 47.5 Å². The monoisotopic (exact) mass is 550 g/mol. The summed E-state index contributed by atoms with van der Waals surface area (Å²) in [6.07, 6.45) is 0. The fourth-order valence-corrected chi connectivity index (χ4v) is 5.58. The molecular formula is C28H27ClN4O4S. The van der Waals surface area contributed by atoms with Crippen molar-refractivity contribution in [3.8, 4) is 0 Å². The SMILES string of the molecule is O=C(c1n[nH]c2ccc(CN3CCOCC3)cc2c1=O)N(Cc1ccc(Cl)cc1)CS(=O)c1ccccc1. The van der Waals surface area contributed by atoms with Gasteiger partial charge in [-0.25, -0.2) is 0 Å². The molecule has 1 aliphatic rings. The van der Waals surface area contributed by atoms with Gasteiger partial charge in [-0.3, -0.25) is 23.8 Å². The number of morpholine rings is 1. The molecule has 3 aromatic carbocycles. The average molecular weight is 551 g/mol. The van der Waals surface area contributed by atoms with Gasteiger partial charge in [-0.1, -0.05) is 48.0 Å². The Labute approximate surface area is 227 Å². The Morgan fingerprint density at radius 1 is 1.03 bits per heavy atom. The number of rotatable bonds is 8. The van der Waals surface area contributed by atoms with Gasteiger partial charge in [0.1, 0.15) is 5.88 Å². The molecular weight excluding hydrogens is 524 g/mol. The Morgan fingerprint density at radius 2 is 1.74 bits per heavy atom. The van der Waals surface area contributed by atoms with Gasteiger partial charge < -0.3 is 9.64 Å². The highest BCUT2D eigenvalue weighted by molar-refractivity contribution is 7.85. The summed E-state index contributed by atoms with van der Waals surface area (Å²) in [5, 5.41) is 7.95. The van der Waals surface area contributed by atoms with E-state index in [4.69, 9.17) is 16.3 Å². The first kappa shape index (κ1) is 26.2. The van der Waals surface area contributed by atoms with Crippen LogP contribution in [0.1, 0.15) is 21.6 Å². The second-order valence-electron chi connectivity index (χ2n) is 9.09. The van der Waals surface area contributed by atoms with Crippen LogP contribution in [0.3, 0.4) is 0 Å². The lowest BCUT2D eigenvalue weighted by atomic mass is 10.1. The number of fused-ring (bicyclic) bond motifs is 1. The van der Waals surface area contributed by atoms with E-state index in [1.165, 1.54) is 4.90 Å². The molecule has 1 unspecified atom stereocenters. The summed E-state index contributed by atoms with van der Waals surface area (Å²) in [6.45, 7) is 3.85. The van der Waals surface area contributed by atoms with Gasteiger partial charge in [0.2, 0.25) is 5.43 Å². The molecule has 196 valence electrons. The van der Waals surface area contributed by atoms with Crippen molar-refractivity contribution in [2.75, 3.05) is 32.2 Å². The number of benzene rings is 3. The number of aromatic amines is 1. The largest absolute Gasteiger partial charge is 0.379 e. The lowest BCUT2D eigenvalue weighted by molar-refractivity contribution is 0.0342. The quantitative estimate of drug-likeness (QED) is 0.358. The number of nitrogens with one attached hydrogen (secondary N) is 1. The first-order valence-electron chi connectivity index (χ1n) is 12.3. The molecule has 1 amide bonds. The van der Waals surface area contributed by atoms with Gasteiger partial charge in [0, 0.05) is 41.5 Å². The number of carbonyl (C=O) groups excluding carboxylic acids is 1. The predicted octanol–water partition coefficient (Wildman–Crippen LogP) is 3.82. The van der Waals surface area contributed by atoms with Crippen LogP contribution in [0.25, 0.3) is 10.9 Å². The van der Waals surface area contributed by atoms with Crippen molar-refractivity contribution in [1.82, 2.24) is 20.0 Å². The standard InChI is InChI=1S/C28H27ClN4O4S/c29-22-9-6-20(7-10-22)18-33(19-38(36)23-4-2-1-3-5-23)28(35)26-27(34)24-16-21(8-11-25(24)30-31-26)17-32-12-14-37-15-13-32/h1-11,16H,12-15,17-19H2,(H,30,34). The van der Waals surface area contributed by atoms with E-state index < -0.39 is 22.1 Å². The van der Waals surface area contributed by atoms with Crippen LogP contribution >= 0.6 is 11.6 Å². The number of halogens is 1. The van der Waals surface area contributed by atoms with E-state index in [-0.39, 0.29) is 18.1 Å². The van der Waals surface area contributed by atoms with Gasteiger partial charge >= 0.3 is 0 Å². The highest BCUT2D eigenvalue weighted by atomic mass is 35.5. The normalized spacial score (nSPS) is 14.9. The predicted molar refractivity (Wildman–Crippen MR) is 148 cm³/mol. The molecule has 8 nitrogen and oxygen atoms in total. The van der Waals surface area contributed by atoms with E-state index in [1.807, 2.05) is 24.3 Å². The van der Waals surface area contributed by atoms with Crippen molar-refractivity contribution in [2.24, 2.45) is 0 Å². The number of hydrogen-bond donors (Lipinski definition) is 1. The lowest BCUT2D eigenvalue weighted by Gasteiger charge is -2.26. The molecule has 2 heterocycles. The van der Waals surface area contributed by atoms with E-state index in [9.17, 15) is 13.8 Å². The van der Waals surface area contributed by atoms with E-state index in [0.29, 0.717) is 40.6 Å². The Morgan fingerprint density at radius 3 is 2.47 bits per heavy atom. The summed E-state index contributed by atoms with van der Waals surface area (Å²) in [5.74, 6) is -0.687. The molecule has 1 fully saturated rings. The lowest BCUT2D eigenvalue weighted by Crippen LogP contribution is -2.37. The molecule has 38 heavy (non-hydrogen) atoms. The van der Waals surface area contributed by atoms with Gasteiger partial charge in [0.05, 0.1) is 29.5 Å². The molecule has 0 bridgehead atoms. The molecule has 1 aromatic heterocycles. The topological polar surface area (TPSA) is 95.6 Å². The number of hydrogen-bond acceptors (Lipinski definition) is 6. The third-order valence-corrected chi connectivity index (χ3v) is 7.99. The number of nitrogens with zero attached hydrogens (tertiary/aromatic N) is 3. The Hall–Kier alpha value is -3.37. The number of amides is 1. The van der Waals surface area contributed by atoms with Crippen molar-refractivity contribution in [1.29, 1.82) is 0 Å². The van der Waals surface area contributed by atoms with Crippen LogP contribution in [0.2, 0.25) is 5.02 Å².